The quantitative estimate of drug-likeness (QED) is 0.449. The van der Waals surface area contributed by atoms with Crippen molar-refractivity contribution in [1.82, 2.24) is 0 Å². The van der Waals surface area contributed by atoms with Gasteiger partial charge in [0.2, 0.25) is 0 Å². The van der Waals surface area contributed by atoms with Gasteiger partial charge in [-0.3, -0.25) is 20.2 Å². The third-order valence-electron chi connectivity index (χ3n) is 4.00. The van der Waals surface area contributed by atoms with Crippen LogP contribution in [0.2, 0.25) is 0 Å². The minimum absolute atomic E-state index is 0.0326. The molecule has 0 aliphatic carbocycles. The number of non-ortho nitro benzene ring substituents is 2. The molecule has 3 aromatic carbocycles. The Hall–Kier alpha value is -3.94. The molecule has 0 saturated heterocycles. The monoisotopic (exact) mass is 379 g/mol. The maximum Gasteiger partial charge on any atom is 0.271 e. The first-order valence-corrected chi connectivity index (χ1v) is 8.45. The largest absolute Gasteiger partial charge is 0.489 e. The highest BCUT2D eigenvalue weighted by molar-refractivity contribution is 5.51. The van der Waals surface area contributed by atoms with Crippen molar-refractivity contribution in [2.24, 2.45) is 0 Å². The van der Waals surface area contributed by atoms with E-state index >= 15 is 0 Å². The number of nitro groups is 2. The van der Waals surface area contributed by atoms with Crippen molar-refractivity contribution in [1.29, 1.82) is 0 Å². The number of anilines is 1. The van der Waals surface area contributed by atoms with Gasteiger partial charge in [0, 0.05) is 36.5 Å². The molecule has 28 heavy (non-hydrogen) atoms. The van der Waals surface area contributed by atoms with E-state index in [9.17, 15) is 20.2 Å². The predicted octanol–water partition coefficient (Wildman–Crippen LogP) is 4.69. The Morgan fingerprint density at radius 1 is 0.786 bits per heavy atom. The maximum absolute atomic E-state index is 10.8. The van der Waals surface area contributed by atoms with Crippen molar-refractivity contribution in [3.63, 3.8) is 0 Å². The Labute approximate surface area is 160 Å². The molecule has 8 nitrogen and oxygen atoms in total. The molecule has 0 bridgehead atoms. The Morgan fingerprint density at radius 2 is 1.50 bits per heavy atom. The van der Waals surface area contributed by atoms with Gasteiger partial charge in [-0.2, -0.15) is 0 Å². The summed E-state index contributed by atoms with van der Waals surface area (Å²) in [6.07, 6.45) is 0. The SMILES string of the molecule is O=[N+]([O-])c1ccc(COc2cccc(CNc3cccc([N+](=O)[O-])c3)c2)cc1. The maximum atomic E-state index is 10.8. The van der Waals surface area contributed by atoms with Crippen molar-refractivity contribution >= 4 is 17.1 Å². The van der Waals surface area contributed by atoms with Crippen LogP contribution < -0.4 is 10.1 Å². The number of nitrogens with one attached hydrogen (secondary N) is 1. The molecule has 0 fully saturated rings. The second-order valence-electron chi connectivity index (χ2n) is 6.02. The molecule has 0 aliphatic rings. The molecule has 1 N–H and O–H groups in total. The van der Waals surface area contributed by atoms with Gasteiger partial charge >= 0.3 is 0 Å². The fourth-order valence-electron chi connectivity index (χ4n) is 2.56. The van der Waals surface area contributed by atoms with Gasteiger partial charge in [0.15, 0.2) is 0 Å². The molecule has 8 heteroatoms. The zero-order valence-electron chi connectivity index (χ0n) is 14.8. The smallest absolute Gasteiger partial charge is 0.271 e. The molecule has 3 aromatic rings. The summed E-state index contributed by atoms with van der Waals surface area (Å²) in [7, 11) is 0. The number of nitrogens with zero attached hydrogens (tertiary/aromatic N) is 2. The number of benzene rings is 3. The molecule has 142 valence electrons. The van der Waals surface area contributed by atoms with Crippen LogP contribution in [0, 0.1) is 20.2 Å². The van der Waals surface area contributed by atoms with Gasteiger partial charge in [-0.15, -0.1) is 0 Å². The zero-order valence-corrected chi connectivity index (χ0v) is 14.8. The van der Waals surface area contributed by atoms with Crippen molar-refractivity contribution in [2.45, 2.75) is 13.2 Å². The van der Waals surface area contributed by atoms with Crippen LogP contribution in [0.4, 0.5) is 17.1 Å². The first kappa shape index (κ1) is 18.8. The number of nitro benzene ring substituents is 2. The van der Waals surface area contributed by atoms with Gasteiger partial charge in [0.25, 0.3) is 11.4 Å². The lowest BCUT2D eigenvalue weighted by Crippen LogP contribution is -2.01. The number of ether oxygens (including phenoxy) is 1. The van der Waals surface area contributed by atoms with Gasteiger partial charge in [-0.1, -0.05) is 18.2 Å². The van der Waals surface area contributed by atoms with Gasteiger partial charge in [0.05, 0.1) is 9.85 Å². The van der Waals surface area contributed by atoms with E-state index in [0.29, 0.717) is 24.6 Å². The Balaban J connectivity index is 1.58. The normalized spacial score (nSPS) is 10.3. The third kappa shape index (κ3) is 5.04. The summed E-state index contributed by atoms with van der Waals surface area (Å²) in [6, 6.07) is 20.0. The number of hydrogen-bond acceptors (Lipinski definition) is 6. The highest BCUT2D eigenvalue weighted by Gasteiger charge is 2.06. The fraction of sp³-hybridized carbons (Fsp3) is 0.100. The average Bonchev–Trinajstić information content (AvgIpc) is 2.71. The summed E-state index contributed by atoms with van der Waals surface area (Å²) >= 11 is 0. The molecule has 3 rings (SSSR count). The summed E-state index contributed by atoms with van der Waals surface area (Å²) in [4.78, 5) is 20.6. The van der Waals surface area contributed by atoms with Crippen LogP contribution in [0.5, 0.6) is 5.75 Å². The van der Waals surface area contributed by atoms with Gasteiger partial charge in [-0.05, 0) is 41.5 Å². The van der Waals surface area contributed by atoms with Crippen molar-refractivity contribution < 1.29 is 14.6 Å². The molecule has 0 heterocycles. The summed E-state index contributed by atoms with van der Waals surface area (Å²) in [5.41, 5.74) is 2.51. The minimum atomic E-state index is -0.442. The lowest BCUT2D eigenvalue weighted by atomic mass is 10.2. The van der Waals surface area contributed by atoms with E-state index in [1.807, 2.05) is 24.3 Å². The topological polar surface area (TPSA) is 108 Å². The highest BCUT2D eigenvalue weighted by Crippen LogP contribution is 2.20. The first-order valence-electron chi connectivity index (χ1n) is 8.45. The van der Waals surface area contributed by atoms with Crippen LogP contribution >= 0.6 is 0 Å². The van der Waals surface area contributed by atoms with Gasteiger partial charge in [0.1, 0.15) is 12.4 Å². The molecule has 0 radical (unpaired) electrons. The fourth-order valence-corrected chi connectivity index (χ4v) is 2.56. The highest BCUT2D eigenvalue weighted by atomic mass is 16.6. The molecular formula is C20H17N3O5. The molecule has 0 amide bonds. The van der Waals surface area contributed by atoms with Crippen LogP contribution in [0.25, 0.3) is 0 Å². The van der Waals surface area contributed by atoms with E-state index in [-0.39, 0.29) is 11.4 Å². The molecule has 0 aromatic heterocycles. The second-order valence-corrected chi connectivity index (χ2v) is 6.02. The Kier molecular flexibility index (Phi) is 5.81. The first-order chi connectivity index (χ1) is 13.5. The lowest BCUT2D eigenvalue weighted by Gasteiger charge is -2.10. The van der Waals surface area contributed by atoms with E-state index in [4.69, 9.17) is 4.74 Å². The molecule has 0 unspecified atom stereocenters. The Morgan fingerprint density at radius 3 is 2.21 bits per heavy atom. The third-order valence-corrected chi connectivity index (χ3v) is 4.00. The molecule has 0 aliphatic heterocycles. The molecule has 0 spiro atoms. The van der Waals surface area contributed by atoms with Crippen molar-refractivity contribution in [3.05, 3.63) is 104 Å². The summed E-state index contributed by atoms with van der Waals surface area (Å²) in [5, 5.41) is 24.7. The standard InChI is InChI=1S/C20H17N3O5/c24-22(25)18-9-7-15(8-10-18)14-28-20-6-1-3-16(11-20)13-21-17-4-2-5-19(12-17)23(26)27/h1-12,21H,13-14H2. The average molecular weight is 379 g/mol. The summed E-state index contributed by atoms with van der Waals surface area (Å²) < 4.78 is 5.75. The van der Waals surface area contributed by atoms with Crippen LogP contribution in [0.3, 0.4) is 0 Å². The number of hydrogen-bond donors (Lipinski definition) is 1. The van der Waals surface area contributed by atoms with E-state index in [1.54, 1.807) is 24.3 Å². The molecule has 0 saturated carbocycles. The van der Waals surface area contributed by atoms with Gasteiger partial charge < -0.3 is 10.1 Å². The lowest BCUT2D eigenvalue weighted by molar-refractivity contribution is -0.385. The van der Waals surface area contributed by atoms with Crippen molar-refractivity contribution in [2.75, 3.05) is 5.32 Å². The van der Waals surface area contributed by atoms with Crippen LogP contribution in [0.1, 0.15) is 11.1 Å². The van der Waals surface area contributed by atoms with Crippen LogP contribution in [0.15, 0.2) is 72.8 Å². The van der Waals surface area contributed by atoms with E-state index in [1.165, 1.54) is 24.3 Å². The van der Waals surface area contributed by atoms with E-state index in [2.05, 4.69) is 5.32 Å². The number of rotatable bonds is 8. The van der Waals surface area contributed by atoms with E-state index < -0.39 is 9.85 Å². The second kappa shape index (κ2) is 8.63. The summed E-state index contributed by atoms with van der Waals surface area (Å²) in [6.45, 7) is 0.773. The zero-order chi connectivity index (χ0) is 19.9. The predicted molar refractivity (Wildman–Crippen MR) is 104 cm³/mol. The Bertz CT molecular complexity index is 989. The van der Waals surface area contributed by atoms with Crippen molar-refractivity contribution in [3.8, 4) is 5.75 Å². The van der Waals surface area contributed by atoms with Crippen LogP contribution in [-0.4, -0.2) is 9.85 Å². The van der Waals surface area contributed by atoms with Crippen LogP contribution in [-0.2, 0) is 13.2 Å². The molecular weight excluding hydrogens is 362 g/mol. The van der Waals surface area contributed by atoms with Gasteiger partial charge in [-0.25, -0.2) is 0 Å². The van der Waals surface area contributed by atoms with E-state index in [0.717, 1.165) is 11.1 Å². The molecule has 0 atom stereocenters. The minimum Gasteiger partial charge on any atom is -0.489 e. The summed E-state index contributed by atoms with van der Waals surface area (Å²) in [5.74, 6) is 0.664.